The number of halogens is 3. The van der Waals surface area contributed by atoms with Gasteiger partial charge in [-0.1, -0.05) is 51.3 Å². The lowest BCUT2D eigenvalue weighted by molar-refractivity contribution is -0.137. The molecule has 5 heteroatoms. The summed E-state index contributed by atoms with van der Waals surface area (Å²) >= 11 is 0. The van der Waals surface area contributed by atoms with E-state index in [9.17, 15) is 13.2 Å². The molecule has 2 nitrogen and oxygen atoms in total. The molecule has 3 fully saturated rings. The predicted molar refractivity (Wildman–Crippen MR) is 143 cm³/mol. The molecule has 37 heavy (non-hydrogen) atoms. The summed E-state index contributed by atoms with van der Waals surface area (Å²) in [7, 11) is 0. The van der Waals surface area contributed by atoms with E-state index in [-0.39, 0.29) is 11.6 Å². The Morgan fingerprint density at radius 2 is 1.65 bits per heavy atom. The average molecular weight is 514 g/mol. The fourth-order valence-electron chi connectivity index (χ4n) is 5.89. The van der Waals surface area contributed by atoms with Crippen LogP contribution in [0.4, 0.5) is 13.2 Å². The van der Waals surface area contributed by atoms with Gasteiger partial charge in [0, 0.05) is 19.1 Å². The number of likely N-dealkylation sites (tertiary alicyclic amines) is 1. The summed E-state index contributed by atoms with van der Waals surface area (Å²) in [6.45, 7) is 8.25. The normalized spacial score (nSPS) is 21.6. The summed E-state index contributed by atoms with van der Waals surface area (Å²) in [5, 5.41) is 0. The van der Waals surface area contributed by atoms with E-state index < -0.39 is 11.7 Å². The number of piperidine rings is 1. The summed E-state index contributed by atoms with van der Waals surface area (Å²) in [4.78, 5) is 2.36. The van der Waals surface area contributed by atoms with Gasteiger partial charge in [0.05, 0.1) is 5.56 Å². The Morgan fingerprint density at radius 3 is 2.24 bits per heavy atom. The van der Waals surface area contributed by atoms with E-state index in [1.807, 2.05) is 0 Å². The minimum Gasteiger partial charge on any atom is -0.487 e. The third-order valence-corrected chi connectivity index (χ3v) is 8.44. The van der Waals surface area contributed by atoms with E-state index in [4.69, 9.17) is 4.74 Å². The van der Waals surface area contributed by atoms with Gasteiger partial charge >= 0.3 is 6.18 Å². The first-order valence-electron chi connectivity index (χ1n) is 14.4. The number of benzene rings is 2. The van der Waals surface area contributed by atoms with Gasteiger partial charge in [0.2, 0.25) is 0 Å². The van der Waals surface area contributed by atoms with Crippen LogP contribution < -0.4 is 4.74 Å². The molecule has 0 aromatic heterocycles. The highest BCUT2D eigenvalue weighted by Crippen LogP contribution is 2.46. The Kier molecular flexibility index (Phi) is 7.64. The van der Waals surface area contributed by atoms with Crippen molar-refractivity contribution in [3.05, 3.63) is 64.2 Å². The highest BCUT2D eigenvalue weighted by atomic mass is 19.4. The van der Waals surface area contributed by atoms with Crippen molar-refractivity contribution in [2.45, 2.75) is 109 Å². The molecule has 2 aromatic carbocycles. The Balaban J connectivity index is 0.000000872. The van der Waals surface area contributed by atoms with Crippen LogP contribution in [0.15, 0.2) is 36.4 Å². The second-order valence-corrected chi connectivity index (χ2v) is 12.2. The smallest absolute Gasteiger partial charge is 0.416 e. The molecule has 0 bridgehead atoms. The average Bonchev–Trinajstić information content (AvgIpc) is 3.76. The molecule has 0 N–H and O–H groups in total. The fourth-order valence-corrected chi connectivity index (χ4v) is 5.89. The highest BCUT2D eigenvalue weighted by molar-refractivity contribution is 5.41. The summed E-state index contributed by atoms with van der Waals surface area (Å²) in [6, 6.07) is 11.1. The summed E-state index contributed by atoms with van der Waals surface area (Å²) in [5.41, 5.74) is 3.92. The first-order chi connectivity index (χ1) is 17.6. The van der Waals surface area contributed by atoms with Crippen LogP contribution in [-0.4, -0.2) is 23.6 Å². The van der Waals surface area contributed by atoms with Crippen molar-refractivity contribution in [2.75, 3.05) is 13.1 Å². The Morgan fingerprint density at radius 1 is 0.946 bits per heavy atom. The molecule has 1 saturated heterocycles. The number of ether oxygens (including phenoxy) is 1. The standard InChI is InChI=1S/C29H36F3NO.C3H6/c1-19(2)16-21-4-5-23-10-11-28(34-27(23)17-21)12-14-33(15-13-28)20(3)26-18-24(29(30,31)32)8-9-25(26)22-6-7-22;1-2-3-1/h4-5,8-9,17-20,22H,6-7,10-16H2,1-3H3;1-3H2. The van der Waals surface area contributed by atoms with Crippen LogP contribution in [0, 0.1) is 5.92 Å². The van der Waals surface area contributed by atoms with Gasteiger partial charge in [-0.15, -0.1) is 0 Å². The van der Waals surface area contributed by atoms with Crippen molar-refractivity contribution in [1.29, 1.82) is 0 Å². The van der Waals surface area contributed by atoms with Gasteiger partial charge in [-0.2, -0.15) is 13.2 Å². The molecule has 0 amide bonds. The maximum atomic E-state index is 13.4. The number of rotatable bonds is 5. The van der Waals surface area contributed by atoms with E-state index in [1.54, 1.807) is 6.07 Å². The van der Waals surface area contributed by atoms with Crippen molar-refractivity contribution in [1.82, 2.24) is 4.90 Å². The third kappa shape index (κ3) is 6.53. The number of aryl methyl sites for hydroxylation is 1. The van der Waals surface area contributed by atoms with Gasteiger partial charge < -0.3 is 4.74 Å². The van der Waals surface area contributed by atoms with Crippen LogP contribution in [0.25, 0.3) is 0 Å². The lowest BCUT2D eigenvalue weighted by Crippen LogP contribution is -2.50. The van der Waals surface area contributed by atoms with Crippen LogP contribution in [-0.2, 0) is 19.0 Å². The Hall–Kier alpha value is -2.01. The Labute approximate surface area is 220 Å². The molecule has 1 spiro atoms. The van der Waals surface area contributed by atoms with Crippen LogP contribution in [0.1, 0.15) is 112 Å². The molecule has 2 saturated carbocycles. The summed E-state index contributed by atoms with van der Waals surface area (Å²) < 4.78 is 47.0. The molecule has 2 aliphatic carbocycles. The van der Waals surface area contributed by atoms with Gasteiger partial charge in [0.1, 0.15) is 11.4 Å². The minimum atomic E-state index is -4.31. The quantitative estimate of drug-likeness (QED) is 0.396. The van der Waals surface area contributed by atoms with E-state index >= 15 is 0 Å². The topological polar surface area (TPSA) is 12.5 Å². The van der Waals surface area contributed by atoms with Crippen LogP contribution in [0.3, 0.4) is 0 Å². The zero-order valence-corrected chi connectivity index (χ0v) is 22.7. The maximum Gasteiger partial charge on any atom is 0.416 e. The largest absolute Gasteiger partial charge is 0.487 e. The highest BCUT2D eigenvalue weighted by Gasteiger charge is 2.41. The van der Waals surface area contributed by atoms with Gasteiger partial charge in [-0.25, -0.2) is 0 Å². The molecule has 2 heterocycles. The number of fused-ring (bicyclic) bond motifs is 1. The SMILES string of the molecule is C1CC1.CC(C)Cc1ccc2c(c1)OC1(CC2)CCN(C(C)c2cc(C(F)(F)F)ccc2C2CC2)CC1. The van der Waals surface area contributed by atoms with E-state index in [0.29, 0.717) is 11.8 Å². The molecule has 4 aliphatic rings. The summed E-state index contributed by atoms with van der Waals surface area (Å²) in [6.07, 6.45) is 7.30. The molecule has 6 rings (SSSR count). The third-order valence-electron chi connectivity index (χ3n) is 8.44. The lowest BCUT2D eigenvalue weighted by atomic mass is 9.82. The molecule has 202 valence electrons. The number of nitrogens with zero attached hydrogens (tertiary/aromatic N) is 1. The Bertz CT molecular complexity index is 1080. The second-order valence-electron chi connectivity index (χ2n) is 12.2. The monoisotopic (exact) mass is 513 g/mol. The minimum absolute atomic E-state index is 0.0243. The zero-order chi connectivity index (χ0) is 26.2. The van der Waals surface area contributed by atoms with E-state index in [2.05, 4.69) is 43.9 Å². The second kappa shape index (κ2) is 10.6. The number of hydrogen-bond acceptors (Lipinski definition) is 2. The van der Waals surface area contributed by atoms with E-state index in [0.717, 1.165) is 74.9 Å². The lowest BCUT2D eigenvalue weighted by Gasteiger charge is -2.46. The summed E-state index contributed by atoms with van der Waals surface area (Å²) in [5.74, 6) is 2.07. The van der Waals surface area contributed by atoms with Gasteiger partial charge in [0.25, 0.3) is 0 Å². The van der Waals surface area contributed by atoms with Crippen molar-refractivity contribution in [2.24, 2.45) is 5.92 Å². The zero-order valence-electron chi connectivity index (χ0n) is 22.7. The van der Waals surface area contributed by atoms with Gasteiger partial charge in [0.15, 0.2) is 0 Å². The maximum absolute atomic E-state index is 13.4. The van der Waals surface area contributed by atoms with Crippen LogP contribution >= 0.6 is 0 Å². The molecule has 2 aliphatic heterocycles. The molecule has 2 aromatic rings. The van der Waals surface area contributed by atoms with Crippen molar-refractivity contribution in [3.8, 4) is 5.75 Å². The molecule has 1 unspecified atom stereocenters. The molecular weight excluding hydrogens is 471 g/mol. The van der Waals surface area contributed by atoms with Gasteiger partial charge in [-0.3, -0.25) is 4.90 Å². The van der Waals surface area contributed by atoms with Crippen molar-refractivity contribution < 1.29 is 17.9 Å². The number of hydrogen-bond donors (Lipinski definition) is 0. The predicted octanol–water partition coefficient (Wildman–Crippen LogP) is 8.87. The van der Waals surface area contributed by atoms with Crippen LogP contribution in [0.2, 0.25) is 0 Å². The molecule has 1 atom stereocenters. The molecular formula is C32H42F3NO. The fraction of sp³-hybridized carbons (Fsp3) is 0.625. The van der Waals surface area contributed by atoms with Crippen LogP contribution in [0.5, 0.6) is 5.75 Å². The van der Waals surface area contributed by atoms with E-state index in [1.165, 1.54) is 42.5 Å². The van der Waals surface area contributed by atoms with Crippen molar-refractivity contribution in [3.63, 3.8) is 0 Å². The first kappa shape index (κ1) is 26.6. The van der Waals surface area contributed by atoms with Crippen molar-refractivity contribution >= 4 is 0 Å². The van der Waals surface area contributed by atoms with Gasteiger partial charge in [-0.05, 0) is 104 Å². The molecule has 0 radical (unpaired) electrons. The number of alkyl halides is 3. The first-order valence-corrected chi connectivity index (χ1v) is 14.4.